The zero-order valence-corrected chi connectivity index (χ0v) is 17.0. The zero-order valence-electron chi connectivity index (χ0n) is 17.0. The van der Waals surface area contributed by atoms with Crippen LogP contribution < -0.4 is 10.1 Å². The largest absolute Gasteiger partial charge is 0.508 e. The summed E-state index contributed by atoms with van der Waals surface area (Å²) in [5.41, 5.74) is 3.54. The summed E-state index contributed by atoms with van der Waals surface area (Å²) < 4.78 is 5.81. The summed E-state index contributed by atoms with van der Waals surface area (Å²) in [5.74, 6) is 0.902. The highest BCUT2D eigenvalue weighted by atomic mass is 16.5. The Morgan fingerprint density at radius 1 is 0.867 bits per heavy atom. The van der Waals surface area contributed by atoms with Crippen LogP contribution in [0.3, 0.4) is 0 Å². The Hall–Kier alpha value is -2.86. The van der Waals surface area contributed by atoms with Crippen molar-refractivity contribution in [2.45, 2.75) is 25.6 Å². The molecule has 0 radical (unpaired) electrons. The lowest BCUT2D eigenvalue weighted by Gasteiger charge is -2.14. The van der Waals surface area contributed by atoms with Crippen LogP contribution in [0.1, 0.15) is 28.4 Å². The number of aromatic hydroxyl groups is 1. The number of ether oxygens (including phenoxy) is 1. The summed E-state index contributed by atoms with van der Waals surface area (Å²) in [7, 11) is 0. The molecule has 0 aliphatic heterocycles. The van der Waals surface area contributed by atoms with Gasteiger partial charge in [-0.3, -0.25) is 0 Å². The van der Waals surface area contributed by atoms with Gasteiger partial charge >= 0.3 is 0 Å². The van der Waals surface area contributed by atoms with Gasteiger partial charge < -0.3 is 25.4 Å². The summed E-state index contributed by atoms with van der Waals surface area (Å²) >= 11 is 0. The van der Waals surface area contributed by atoms with Crippen LogP contribution in [0.15, 0.2) is 72.8 Å². The molecule has 30 heavy (non-hydrogen) atoms. The van der Waals surface area contributed by atoms with Gasteiger partial charge in [0.15, 0.2) is 0 Å². The summed E-state index contributed by atoms with van der Waals surface area (Å²) in [5, 5.41) is 32.4. The molecule has 0 spiro atoms. The van der Waals surface area contributed by atoms with Crippen molar-refractivity contribution in [2.75, 3.05) is 19.7 Å². The predicted octanol–water partition coefficient (Wildman–Crippen LogP) is 3.37. The molecule has 0 aliphatic carbocycles. The molecule has 0 saturated carbocycles. The molecule has 1 unspecified atom stereocenters. The Bertz CT molecular complexity index is 897. The smallest absolute Gasteiger partial charge is 0.121 e. The van der Waals surface area contributed by atoms with Crippen LogP contribution in [0, 0.1) is 0 Å². The summed E-state index contributed by atoms with van der Waals surface area (Å²) in [6.45, 7) is 1.52. The highest BCUT2D eigenvalue weighted by molar-refractivity contribution is 5.36. The number of hydrogen-bond acceptors (Lipinski definition) is 5. The second-order valence-corrected chi connectivity index (χ2v) is 7.24. The monoisotopic (exact) mass is 407 g/mol. The molecular weight excluding hydrogens is 378 g/mol. The fourth-order valence-electron chi connectivity index (χ4n) is 3.21. The van der Waals surface area contributed by atoms with Crippen molar-refractivity contribution in [3.63, 3.8) is 0 Å². The van der Waals surface area contributed by atoms with Crippen LogP contribution in [0.25, 0.3) is 0 Å². The first kappa shape index (κ1) is 21.8. The third-order valence-electron chi connectivity index (χ3n) is 5.01. The fourth-order valence-corrected chi connectivity index (χ4v) is 3.21. The minimum absolute atomic E-state index is 0.0360. The molecule has 0 fully saturated rings. The van der Waals surface area contributed by atoms with Crippen LogP contribution in [-0.2, 0) is 19.4 Å². The van der Waals surface area contributed by atoms with E-state index in [4.69, 9.17) is 4.74 Å². The highest BCUT2D eigenvalue weighted by Crippen LogP contribution is 2.22. The van der Waals surface area contributed by atoms with Crippen LogP contribution in [-0.4, -0.2) is 35.0 Å². The van der Waals surface area contributed by atoms with Crippen molar-refractivity contribution in [1.29, 1.82) is 0 Å². The summed E-state index contributed by atoms with van der Waals surface area (Å²) in [4.78, 5) is 0. The quantitative estimate of drug-likeness (QED) is 0.367. The van der Waals surface area contributed by atoms with Crippen molar-refractivity contribution in [3.05, 3.63) is 95.1 Å². The second-order valence-electron chi connectivity index (χ2n) is 7.24. The Kier molecular flexibility index (Phi) is 8.27. The lowest BCUT2D eigenvalue weighted by molar-refractivity contribution is 0.174. The summed E-state index contributed by atoms with van der Waals surface area (Å²) in [6.07, 6.45) is 1.03. The number of benzene rings is 3. The van der Waals surface area contributed by atoms with Crippen molar-refractivity contribution >= 4 is 0 Å². The van der Waals surface area contributed by atoms with Gasteiger partial charge in [-0.05, 0) is 53.9 Å². The molecule has 0 aliphatic rings. The standard InChI is InChI=1S/C25H29NO4/c27-18-22-16-21(8-11-24(22)28)25(29)17-26-14-12-20-6-9-23(10-7-20)30-15-13-19-4-2-1-3-5-19/h1-11,16,25-29H,12-15,17-18H2. The van der Waals surface area contributed by atoms with Gasteiger partial charge in [-0.2, -0.15) is 0 Å². The van der Waals surface area contributed by atoms with E-state index in [2.05, 4.69) is 29.6 Å². The third kappa shape index (κ3) is 6.59. The SMILES string of the molecule is OCc1cc(C(O)CNCCc2ccc(OCCc3ccccc3)cc2)ccc1O. The number of rotatable bonds is 11. The van der Waals surface area contributed by atoms with Crippen molar-refractivity contribution in [2.24, 2.45) is 0 Å². The second kappa shape index (κ2) is 11.4. The lowest BCUT2D eigenvalue weighted by Crippen LogP contribution is -2.23. The van der Waals surface area contributed by atoms with Crippen molar-refractivity contribution in [3.8, 4) is 11.5 Å². The van der Waals surface area contributed by atoms with E-state index in [9.17, 15) is 15.3 Å². The van der Waals surface area contributed by atoms with Crippen LogP contribution in [0.5, 0.6) is 11.5 Å². The van der Waals surface area contributed by atoms with Gasteiger partial charge in [0.2, 0.25) is 0 Å². The first-order valence-corrected chi connectivity index (χ1v) is 10.2. The van der Waals surface area contributed by atoms with E-state index < -0.39 is 6.10 Å². The molecule has 0 aromatic heterocycles. The minimum atomic E-state index is -0.698. The number of aliphatic hydroxyl groups excluding tert-OH is 2. The summed E-state index contributed by atoms with van der Waals surface area (Å²) in [6, 6.07) is 23.2. The van der Waals surface area contributed by atoms with Gasteiger partial charge in [0, 0.05) is 18.5 Å². The van der Waals surface area contributed by atoms with Gasteiger partial charge in [-0.1, -0.05) is 48.5 Å². The molecule has 5 heteroatoms. The lowest BCUT2D eigenvalue weighted by atomic mass is 10.1. The van der Waals surface area contributed by atoms with Gasteiger partial charge in [-0.25, -0.2) is 0 Å². The van der Waals surface area contributed by atoms with Gasteiger partial charge in [0.25, 0.3) is 0 Å². The maximum absolute atomic E-state index is 10.3. The Labute approximate surface area is 177 Å². The van der Waals surface area contributed by atoms with Crippen molar-refractivity contribution < 1.29 is 20.1 Å². The molecule has 5 nitrogen and oxygen atoms in total. The van der Waals surface area contributed by atoms with E-state index in [0.717, 1.165) is 25.1 Å². The third-order valence-corrected chi connectivity index (χ3v) is 5.01. The minimum Gasteiger partial charge on any atom is -0.508 e. The first-order chi connectivity index (χ1) is 14.7. The molecule has 1 atom stereocenters. The Balaban J connectivity index is 1.36. The molecule has 0 heterocycles. The Morgan fingerprint density at radius 2 is 1.60 bits per heavy atom. The highest BCUT2D eigenvalue weighted by Gasteiger charge is 2.10. The number of phenols is 1. The van der Waals surface area contributed by atoms with E-state index in [-0.39, 0.29) is 12.4 Å². The first-order valence-electron chi connectivity index (χ1n) is 10.2. The number of aliphatic hydroxyl groups is 2. The van der Waals surface area contributed by atoms with E-state index in [1.807, 2.05) is 30.3 Å². The molecule has 3 rings (SSSR count). The molecule has 0 bridgehead atoms. The van der Waals surface area contributed by atoms with Crippen LogP contribution >= 0.6 is 0 Å². The number of hydrogen-bond donors (Lipinski definition) is 4. The van der Waals surface area contributed by atoms with Gasteiger partial charge in [0.1, 0.15) is 11.5 Å². The average Bonchev–Trinajstić information content (AvgIpc) is 2.78. The van der Waals surface area contributed by atoms with Gasteiger partial charge in [-0.15, -0.1) is 0 Å². The van der Waals surface area contributed by atoms with E-state index >= 15 is 0 Å². The maximum atomic E-state index is 10.3. The van der Waals surface area contributed by atoms with Crippen molar-refractivity contribution in [1.82, 2.24) is 5.32 Å². The molecule has 158 valence electrons. The van der Waals surface area contributed by atoms with E-state index in [1.165, 1.54) is 17.2 Å². The molecule has 0 amide bonds. The predicted molar refractivity (Wildman–Crippen MR) is 118 cm³/mol. The molecule has 3 aromatic carbocycles. The molecule has 3 aromatic rings. The zero-order chi connectivity index (χ0) is 21.2. The Morgan fingerprint density at radius 3 is 2.33 bits per heavy atom. The van der Waals surface area contributed by atoms with Gasteiger partial charge in [0.05, 0.1) is 19.3 Å². The maximum Gasteiger partial charge on any atom is 0.121 e. The number of nitrogens with one attached hydrogen (secondary N) is 1. The van der Waals surface area contributed by atoms with Crippen LogP contribution in [0.4, 0.5) is 0 Å². The van der Waals surface area contributed by atoms with Crippen LogP contribution in [0.2, 0.25) is 0 Å². The molecular formula is C25H29NO4. The van der Waals surface area contributed by atoms with E-state index in [1.54, 1.807) is 12.1 Å². The molecule has 4 N–H and O–H groups in total. The molecule has 0 saturated heterocycles. The normalized spacial score (nSPS) is 11.9. The van der Waals surface area contributed by atoms with E-state index in [0.29, 0.717) is 24.3 Å². The topological polar surface area (TPSA) is 82.0 Å². The fraction of sp³-hybridized carbons (Fsp3) is 0.280. The average molecular weight is 408 g/mol.